The fourth-order valence-electron chi connectivity index (χ4n) is 2.49. The molecule has 0 aliphatic heterocycles. The third kappa shape index (κ3) is 5.78. The average Bonchev–Trinajstić information content (AvgIpc) is 3.16. The third-order valence-electron chi connectivity index (χ3n) is 3.86. The highest BCUT2D eigenvalue weighted by Gasteiger charge is 2.12. The van der Waals surface area contributed by atoms with Crippen molar-refractivity contribution in [1.82, 2.24) is 15.5 Å². The number of sulfonamides is 1. The smallest absolute Gasteiger partial charge is 0.251 e. The van der Waals surface area contributed by atoms with E-state index < -0.39 is 10.0 Å². The Labute approximate surface area is 173 Å². The Morgan fingerprint density at radius 2 is 1.79 bits per heavy atom. The second-order valence-electron chi connectivity index (χ2n) is 6.20. The maximum absolute atomic E-state index is 12.3. The van der Waals surface area contributed by atoms with Crippen molar-refractivity contribution >= 4 is 33.2 Å². The molecule has 0 radical (unpaired) electrons. The van der Waals surface area contributed by atoms with Gasteiger partial charge in [0.15, 0.2) is 0 Å². The molecule has 1 aromatic heterocycles. The minimum absolute atomic E-state index is 0.0391. The van der Waals surface area contributed by atoms with E-state index >= 15 is 0 Å². The average molecular weight is 435 g/mol. The molecule has 29 heavy (non-hydrogen) atoms. The normalized spacial score (nSPS) is 11.2. The molecule has 1 amide bonds. The van der Waals surface area contributed by atoms with Gasteiger partial charge >= 0.3 is 0 Å². The van der Waals surface area contributed by atoms with Crippen molar-refractivity contribution in [2.45, 2.75) is 19.9 Å². The fourth-order valence-corrected chi connectivity index (χ4v) is 3.75. The zero-order valence-corrected chi connectivity index (χ0v) is 17.1. The lowest BCUT2D eigenvalue weighted by Crippen LogP contribution is -2.23. The summed E-state index contributed by atoms with van der Waals surface area (Å²) in [5, 5.41) is 7.17. The van der Waals surface area contributed by atoms with Gasteiger partial charge in [0.2, 0.25) is 21.7 Å². The maximum Gasteiger partial charge on any atom is 0.251 e. The van der Waals surface area contributed by atoms with Gasteiger partial charge < -0.3 is 9.84 Å². The minimum atomic E-state index is -3.37. The summed E-state index contributed by atoms with van der Waals surface area (Å²) in [6.45, 7) is 1.85. The highest BCUT2D eigenvalue weighted by atomic mass is 35.5. The van der Waals surface area contributed by atoms with Crippen LogP contribution in [-0.2, 0) is 16.6 Å². The number of aromatic nitrogens is 2. The topological polar surface area (TPSA) is 114 Å². The predicted octanol–water partition coefficient (Wildman–Crippen LogP) is 3.47. The van der Waals surface area contributed by atoms with Crippen LogP contribution in [0.2, 0.25) is 5.02 Å². The van der Waals surface area contributed by atoms with E-state index in [-0.39, 0.29) is 24.1 Å². The molecule has 3 rings (SSSR count). The summed E-state index contributed by atoms with van der Waals surface area (Å²) in [5.41, 5.74) is 1.53. The summed E-state index contributed by atoms with van der Waals surface area (Å²) in [6, 6.07) is 13.1. The quantitative estimate of drug-likeness (QED) is 0.561. The van der Waals surface area contributed by atoms with Crippen LogP contribution in [0.4, 0.5) is 5.69 Å². The largest absolute Gasteiger partial charge is 0.343 e. The number of rotatable bonds is 8. The van der Waals surface area contributed by atoms with E-state index in [1.54, 1.807) is 31.2 Å². The molecule has 2 aromatic carbocycles. The zero-order valence-electron chi connectivity index (χ0n) is 15.6. The van der Waals surface area contributed by atoms with Crippen LogP contribution < -0.4 is 10.0 Å². The monoisotopic (exact) mass is 434 g/mol. The molecule has 0 aliphatic carbocycles. The van der Waals surface area contributed by atoms with E-state index in [0.717, 1.165) is 5.56 Å². The Morgan fingerprint density at radius 1 is 1.10 bits per heavy atom. The molecule has 0 aliphatic rings. The van der Waals surface area contributed by atoms with E-state index in [0.29, 0.717) is 28.5 Å². The van der Waals surface area contributed by atoms with Crippen LogP contribution in [0.25, 0.3) is 11.4 Å². The van der Waals surface area contributed by atoms with Crippen LogP contribution in [-0.4, -0.2) is 30.2 Å². The Balaban J connectivity index is 1.57. The minimum Gasteiger partial charge on any atom is -0.343 e. The van der Waals surface area contributed by atoms with Gasteiger partial charge in [-0.15, -0.1) is 0 Å². The summed E-state index contributed by atoms with van der Waals surface area (Å²) in [5.74, 6) is 0.346. The number of carbonyl (C=O) groups excluding carboxylic acids is 1. The molecular formula is C19H19ClN4O4S. The summed E-state index contributed by atoms with van der Waals surface area (Å²) in [7, 11) is -3.37. The van der Waals surface area contributed by atoms with E-state index in [1.165, 1.54) is 24.3 Å². The van der Waals surface area contributed by atoms with Gasteiger partial charge in [-0.2, -0.15) is 4.98 Å². The number of halogens is 1. The SMILES string of the molecule is CCCS(=O)(=O)Nc1ccc(C(=O)NCc2nc(-c3ccc(Cl)cc3)no2)cc1. The Bertz CT molecular complexity index is 1080. The van der Waals surface area contributed by atoms with Crippen molar-refractivity contribution in [3.63, 3.8) is 0 Å². The van der Waals surface area contributed by atoms with Crippen molar-refractivity contribution < 1.29 is 17.7 Å². The highest BCUT2D eigenvalue weighted by molar-refractivity contribution is 7.92. The molecule has 1 heterocycles. The number of nitrogens with zero attached hydrogens (tertiary/aromatic N) is 2. The number of carbonyl (C=O) groups is 1. The van der Waals surface area contributed by atoms with Crippen LogP contribution in [0.15, 0.2) is 53.1 Å². The van der Waals surface area contributed by atoms with Gasteiger partial charge in [0.05, 0.1) is 12.3 Å². The molecule has 3 aromatic rings. The van der Waals surface area contributed by atoms with Crippen LogP contribution in [0, 0.1) is 0 Å². The highest BCUT2D eigenvalue weighted by Crippen LogP contribution is 2.18. The fraction of sp³-hybridized carbons (Fsp3) is 0.211. The van der Waals surface area contributed by atoms with Crippen molar-refractivity contribution in [2.75, 3.05) is 10.5 Å². The van der Waals surface area contributed by atoms with Crippen LogP contribution >= 0.6 is 11.6 Å². The molecule has 10 heteroatoms. The molecule has 0 bridgehead atoms. The lowest BCUT2D eigenvalue weighted by Gasteiger charge is -2.08. The third-order valence-corrected chi connectivity index (χ3v) is 5.61. The summed E-state index contributed by atoms with van der Waals surface area (Å²) in [6.07, 6.45) is 0.519. The number of hydrogen-bond donors (Lipinski definition) is 2. The zero-order chi connectivity index (χ0) is 20.9. The lowest BCUT2D eigenvalue weighted by atomic mass is 10.2. The van der Waals surface area contributed by atoms with E-state index in [9.17, 15) is 13.2 Å². The predicted molar refractivity (Wildman–Crippen MR) is 110 cm³/mol. The number of amides is 1. The standard InChI is InChI=1S/C19H19ClN4O4S/c1-2-11-29(26,27)24-16-9-5-14(6-10-16)19(25)21-12-17-22-18(23-28-17)13-3-7-15(20)8-4-13/h3-10,24H,2,11-12H2,1H3,(H,21,25). The van der Waals surface area contributed by atoms with Crippen molar-refractivity contribution in [1.29, 1.82) is 0 Å². The van der Waals surface area contributed by atoms with Gasteiger partial charge in [-0.25, -0.2) is 8.42 Å². The van der Waals surface area contributed by atoms with Gasteiger partial charge in [-0.05, 0) is 55.0 Å². The number of anilines is 1. The van der Waals surface area contributed by atoms with E-state index in [2.05, 4.69) is 20.2 Å². The van der Waals surface area contributed by atoms with E-state index in [4.69, 9.17) is 16.1 Å². The molecule has 0 fully saturated rings. The second kappa shape index (κ2) is 9.06. The van der Waals surface area contributed by atoms with Crippen molar-refractivity contribution in [2.24, 2.45) is 0 Å². The molecule has 152 valence electrons. The Kier molecular flexibility index (Phi) is 6.50. The first-order valence-corrected chi connectivity index (χ1v) is 10.9. The lowest BCUT2D eigenvalue weighted by molar-refractivity contribution is 0.0946. The first-order chi connectivity index (χ1) is 13.9. The maximum atomic E-state index is 12.3. The first kappa shape index (κ1) is 20.8. The molecule has 8 nitrogen and oxygen atoms in total. The molecule has 2 N–H and O–H groups in total. The second-order valence-corrected chi connectivity index (χ2v) is 8.48. The van der Waals surface area contributed by atoms with E-state index in [1.807, 2.05) is 0 Å². The van der Waals surface area contributed by atoms with Crippen molar-refractivity contribution in [3.8, 4) is 11.4 Å². The first-order valence-electron chi connectivity index (χ1n) is 8.83. The van der Waals surface area contributed by atoms with Gasteiger partial charge in [0.25, 0.3) is 5.91 Å². The van der Waals surface area contributed by atoms with Crippen LogP contribution in [0.1, 0.15) is 29.6 Å². The molecule has 0 spiro atoms. The Morgan fingerprint density at radius 3 is 2.45 bits per heavy atom. The Hall–Kier alpha value is -2.91. The summed E-state index contributed by atoms with van der Waals surface area (Å²) < 4.78 is 31.2. The van der Waals surface area contributed by atoms with Gasteiger partial charge in [-0.3, -0.25) is 9.52 Å². The number of hydrogen-bond acceptors (Lipinski definition) is 6. The molecule has 0 atom stereocenters. The van der Waals surface area contributed by atoms with Crippen LogP contribution in [0.3, 0.4) is 0 Å². The number of benzene rings is 2. The molecular weight excluding hydrogens is 416 g/mol. The van der Waals surface area contributed by atoms with Gasteiger partial charge in [0.1, 0.15) is 0 Å². The number of nitrogens with one attached hydrogen (secondary N) is 2. The van der Waals surface area contributed by atoms with Crippen LogP contribution in [0.5, 0.6) is 0 Å². The van der Waals surface area contributed by atoms with Gasteiger partial charge in [0, 0.05) is 21.8 Å². The molecule has 0 saturated carbocycles. The van der Waals surface area contributed by atoms with Crippen molar-refractivity contribution in [3.05, 3.63) is 65.0 Å². The summed E-state index contributed by atoms with van der Waals surface area (Å²) >= 11 is 5.86. The summed E-state index contributed by atoms with van der Waals surface area (Å²) in [4.78, 5) is 16.5. The molecule has 0 saturated heterocycles. The van der Waals surface area contributed by atoms with Gasteiger partial charge in [-0.1, -0.05) is 23.7 Å². The molecule has 0 unspecified atom stereocenters.